The molecule has 0 radical (unpaired) electrons. The summed E-state index contributed by atoms with van der Waals surface area (Å²) < 4.78 is 0. The second-order valence-electron chi connectivity index (χ2n) is 5.74. The minimum atomic E-state index is 0.0944. The quantitative estimate of drug-likeness (QED) is 0.651. The molecule has 1 aliphatic rings. The van der Waals surface area contributed by atoms with Gasteiger partial charge in [-0.05, 0) is 32.2 Å². The van der Waals surface area contributed by atoms with Gasteiger partial charge >= 0.3 is 0 Å². The van der Waals surface area contributed by atoms with Crippen molar-refractivity contribution in [2.75, 3.05) is 19.6 Å². The van der Waals surface area contributed by atoms with Gasteiger partial charge in [-0.3, -0.25) is 4.79 Å². The predicted octanol–water partition coefficient (Wildman–Crippen LogP) is 3.34. The molecule has 1 N–H and O–H groups in total. The summed E-state index contributed by atoms with van der Waals surface area (Å²) in [4.78, 5) is 14.7. The molecule has 1 atom stereocenters. The third kappa shape index (κ3) is 6.42. The Balaban J connectivity index is 2.41. The molecule has 3 nitrogen and oxygen atoms in total. The fourth-order valence-electron chi connectivity index (χ4n) is 2.72. The lowest BCUT2D eigenvalue weighted by Gasteiger charge is -2.30. The largest absolute Gasteiger partial charge is 0.341 e. The van der Waals surface area contributed by atoms with Crippen molar-refractivity contribution in [2.45, 2.75) is 77.7 Å². The van der Waals surface area contributed by atoms with Crippen LogP contribution in [0.1, 0.15) is 71.6 Å². The molecule has 0 aromatic heterocycles. The summed E-state index contributed by atoms with van der Waals surface area (Å²) in [7, 11) is 0. The van der Waals surface area contributed by atoms with Gasteiger partial charge in [0.15, 0.2) is 0 Å². The van der Waals surface area contributed by atoms with Crippen LogP contribution in [0.4, 0.5) is 0 Å². The van der Waals surface area contributed by atoms with E-state index in [1.807, 2.05) is 0 Å². The molecular formula is C16H32N2O. The van der Waals surface area contributed by atoms with Crippen molar-refractivity contribution >= 4 is 5.91 Å². The van der Waals surface area contributed by atoms with E-state index in [4.69, 9.17) is 0 Å². The van der Waals surface area contributed by atoms with Crippen molar-refractivity contribution in [2.24, 2.45) is 0 Å². The summed E-state index contributed by atoms with van der Waals surface area (Å²) >= 11 is 0. The number of amides is 1. The number of piperidine rings is 1. The Hall–Kier alpha value is -0.570. The summed E-state index contributed by atoms with van der Waals surface area (Å²) in [6.07, 6.45) is 10.7. The van der Waals surface area contributed by atoms with E-state index in [0.717, 1.165) is 38.9 Å². The van der Waals surface area contributed by atoms with Gasteiger partial charge in [0, 0.05) is 13.1 Å². The third-order valence-electron chi connectivity index (χ3n) is 3.98. The molecule has 0 aromatic carbocycles. The van der Waals surface area contributed by atoms with Crippen LogP contribution in [-0.4, -0.2) is 36.5 Å². The van der Waals surface area contributed by atoms with Gasteiger partial charge in [-0.1, -0.05) is 46.0 Å². The minimum absolute atomic E-state index is 0.0944. The highest BCUT2D eigenvalue weighted by molar-refractivity contribution is 5.82. The standard InChI is InChI=1S/C16H32N2O/c1-3-5-9-13-18(14-10-6-4-2)16(19)15-11-7-8-12-17-15/h15,17H,3-14H2,1-2H3/t15-/m1/s1. The number of hydrogen-bond acceptors (Lipinski definition) is 2. The Kier molecular flexibility index (Phi) is 8.89. The normalized spacial score (nSPS) is 19.4. The zero-order chi connectivity index (χ0) is 13.9. The van der Waals surface area contributed by atoms with Crippen molar-refractivity contribution in [3.63, 3.8) is 0 Å². The Bertz CT molecular complexity index is 227. The number of hydrogen-bond donors (Lipinski definition) is 1. The van der Waals surface area contributed by atoms with Crippen LogP contribution in [0.5, 0.6) is 0 Å². The molecule has 1 amide bonds. The van der Waals surface area contributed by atoms with Crippen LogP contribution in [0, 0.1) is 0 Å². The van der Waals surface area contributed by atoms with Gasteiger partial charge < -0.3 is 10.2 Å². The fourth-order valence-corrected chi connectivity index (χ4v) is 2.72. The van der Waals surface area contributed by atoms with Crippen molar-refractivity contribution in [1.29, 1.82) is 0 Å². The second-order valence-corrected chi connectivity index (χ2v) is 5.74. The van der Waals surface area contributed by atoms with Crippen LogP contribution in [0.15, 0.2) is 0 Å². The van der Waals surface area contributed by atoms with E-state index in [2.05, 4.69) is 24.1 Å². The molecule has 0 aliphatic carbocycles. The topological polar surface area (TPSA) is 32.3 Å². The monoisotopic (exact) mass is 268 g/mol. The zero-order valence-electron chi connectivity index (χ0n) is 12.9. The van der Waals surface area contributed by atoms with Crippen LogP contribution in [0.25, 0.3) is 0 Å². The Morgan fingerprint density at radius 2 is 1.68 bits per heavy atom. The molecule has 1 rings (SSSR count). The molecule has 1 aliphatic heterocycles. The average molecular weight is 268 g/mol. The SMILES string of the molecule is CCCCCN(CCCCC)C(=O)[C@H]1CCCCN1. The van der Waals surface area contributed by atoms with E-state index in [9.17, 15) is 4.79 Å². The maximum absolute atomic E-state index is 12.6. The first-order chi connectivity index (χ1) is 9.29. The smallest absolute Gasteiger partial charge is 0.239 e. The van der Waals surface area contributed by atoms with Gasteiger partial charge in [-0.15, -0.1) is 0 Å². The van der Waals surface area contributed by atoms with E-state index < -0.39 is 0 Å². The third-order valence-corrected chi connectivity index (χ3v) is 3.98. The van der Waals surface area contributed by atoms with Crippen molar-refractivity contribution in [3.8, 4) is 0 Å². The summed E-state index contributed by atoms with van der Waals surface area (Å²) in [5.74, 6) is 0.354. The average Bonchev–Trinajstić information content (AvgIpc) is 2.46. The molecule has 19 heavy (non-hydrogen) atoms. The van der Waals surface area contributed by atoms with Crippen LogP contribution >= 0.6 is 0 Å². The van der Waals surface area contributed by atoms with Crippen LogP contribution < -0.4 is 5.32 Å². The van der Waals surface area contributed by atoms with E-state index in [1.54, 1.807) is 0 Å². The molecule has 1 saturated heterocycles. The highest BCUT2D eigenvalue weighted by Gasteiger charge is 2.24. The predicted molar refractivity (Wildman–Crippen MR) is 81.3 cm³/mol. The van der Waals surface area contributed by atoms with E-state index in [1.165, 1.54) is 38.5 Å². The van der Waals surface area contributed by atoms with Crippen molar-refractivity contribution < 1.29 is 4.79 Å². The summed E-state index contributed by atoms with van der Waals surface area (Å²) in [5.41, 5.74) is 0. The molecule has 3 heteroatoms. The molecule has 0 bridgehead atoms. The first-order valence-electron chi connectivity index (χ1n) is 8.31. The van der Waals surface area contributed by atoms with Gasteiger partial charge in [0.1, 0.15) is 0 Å². The van der Waals surface area contributed by atoms with Crippen LogP contribution in [0.3, 0.4) is 0 Å². The zero-order valence-corrected chi connectivity index (χ0v) is 12.9. The maximum atomic E-state index is 12.6. The van der Waals surface area contributed by atoms with Gasteiger partial charge in [-0.2, -0.15) is 0 Å². The van der Waals surface area contributed by atoms with Crippen molar-refractivity contribution in [3.05, 3.63) is 0 Å². The summed E-state index contributed by atoms with van der Waals surface area (Å²) in [6, 6.07) is 0.0944. The number of nitrogens with zero attached hydrogens (tertiary/aromatic N) is 1. The van der Waals surface area contributed by atoms with E-state index in [0.29, 0.717) is 5.91 Å². The number of unbranched alkanes of at least 4 members (excludes halogenated alkanes) is 4. The summed E-state index contributed by atoms with van der Waals surface area (Å²) in [6.45, 7) is 7.34. The Morgan fingerprint density at radius 1 is 1.05 bits per heavy atom. The lowest BCUT2D eigenvalue weighted by molar-refractivity contribution is -0.134. The van der Waals surface area contributed by atoms with Gasteiger partial charge in [0.05, 0.1) is 6.04 Å². The Labute approximate surface area is 119 Å². The lowest BCUT2D eigenvalue weighted by atomic mass is 10.0. The molecule has 0 unspecified atom stereocenters. The molecule has 1 heterocycles. The molecule has 1 fully saturated rings. The maximum Gasteiger partial charge on any atom is 0.239 e. The van der Waals surface area contributed by atoms with Crippen molar-refractivity contribution in [1.82, 2.24) is 10.2 Å². The number of rotatable bonds is 9. The van der Waals surface area contributed by atoms with Gasteiger partial charge in [0.2, 0.25) is 5.91 Å². The molecule has 0 saturated carbocycles. The van der Waals surface area contributed by atoms with Gasteiger partial charge in [-0.25, -0.2) is 0 Å². The fraction of sp³-hybridized carbons (Fsp3) is 0.938. The van der Waals surface area contributed by atoms with Gasteiger partial charge in [0.25, 0.3) is 0 Å². The van der Waals surface area contributed by atoms with Crippen LogP contribution in [0.2, 0.25) is 0 Å². The molecular weight excluding hydrogens is 236 g/mol. The van der Waals surface area contributed by atoms with E-state index in [-0.39, 0.29) is 6.04 Å². The molecule has 0 aromatic rings. The number of carbonyl (C=O) groups excluding carboxylic acids is 1. The van der Waals surface area contributed by atoms with Crippen LogP contribution in [-0.2, 0) is 4.79 Å². The highest BCUT2D eigenvalue weighted by atomic mass is 16.2. The lowest BCUT2D eigenvalue weighted by Crippen LogP contribution is -2.49. The second kappa shape index (κ2) is 10.2. The number of carbonyl (C=O) groups is 1. The number of nitrogens with one attached hydrogen (secondary N) is 1. The first-order valence-corrected chi connectivity index (χ1v) is 8.31. The molecule has 0 spiro atoms. The summed E-state index contributed by atoms with van der Waals surface area (Å²) in [5, 5.41) is 3.39. The Morgan fingerprint density at radius 3 is 2.16 bits per heavy atom. The highest BCUT2D eigenvalue weighted by Crippen LogP contribution is 2.12. The van der Waals surface area contributed by atoms with E-state index >= 15 is 0 Å². The minimum Gasteiger partial charge on any atom is -0.341 e. The first kappa shape index (κ1) is 16.5. The molecule has 112 valence electrons.